The zero-order chi connectivity index (χ0) is 5.91. The number of halogens is 1. The zero-order valence-corrected chi connectivity index (χ0v) is 4.74. The Hall–Kier alpha value is 0.160. The van der Waals surface area contributed by atoms with Gasteiger partial charge in [-0.1, -0.05) is 0 Å². The van der Waals surface area contributed by atoms with E-state index in [1.54, 1.807) is 0 Å². The van der Waals surface area contributed by atoms with Crippen molar-refractivity contribution in [3.05, 3.63) is 0 Å². The first-order chi connectivity index (χ1) is 3.06. The summed E-state index contributed by atoms with van der Waals surface area (Å²) < 4.78 is 22.8. The van der Waals surface area contributed by atoms with Gasteiger partial charge in [-0.2, -0.15) is 8.42 Å². The Labute approximate surface area is 45.3 Å². The van der Waals surface area contributed by atoms with Gasteiger partial charge in [0, 0.05) is 10.7 Å². The summed E-state index contributed by atoms with van der Waals surface area (Å²) >= 11 is 0. The van der Waals surface area contributed by atoms with Gasteiger partial charge in [0.2, 0.25) is 0 Å². The minimum absolute atomic E-state index is 0.911. The molecule has 0 heterocycles. The molecule has 0 rings (SSSR count). The zero-order valence-electron chi connectivity index (χ0n) is 3.17. The van der Waals surface area contributed by atoms with Crippen LogP contribution in [0.4, 0.5) is 0 Å². The van der Waals surface area contributed by atoms with E-state index in [0.717, 1.165) is 0 Å². The molecule has 0 fully saturated rings. The Morgan fingerprint density at radius 3 is 2.14 bits per heavy atom. The maximum Gasteiger partial charge on any atom is 0.357 e. The van der Waals surface area contributed by atoms with E-state index in [0.29, 0.717) is 0 Å². The molecule has 0 aromatic carbocycles. The Kier molecular flexibility index (Phi) is 2.52. The normalized spacial score (nSPS) is 11.7. The molecule has 0 saturated carbocycles. The second-order valence-corrected chi connectivity index (χ2v) is 2.80. The summed E-state index contributed by atoms with van der Waals surface area (Å²) in [6.45, 7) is -0.911. The minimum atomic E-state index is -3.95. The third-order valence-corrected chi connectivity index (χ3v) is 0.848. The Balaban J connectivity index is 3.60. The molecule has 4 nitrogen and oxygen atoms in total. The second-order valence-electron chi connectivity index (χ2n) is 0.640. The molecule has 7 heavy (non-hydrogen) atoms. The van der Waals surface area contributed by atoms with Crippen LogP contribution >= 0.6 is 10.7 Å². The summed E-state index contributed by atoms with van der Waals surface area (Å²) in [5.41, 5.74) is 0. The lowest BCUT2D eigenvalue weighted by Gasteiger charge is -1.87. The average Bonchev–Trinajstić information content (AvgIpc) is 1.30. The predicted octanol–water partition coefficient (Wildman–Crippen LogP) is -0.564. The molecule has 0 bridgehead atoms. The van der Waals surface area contributed by atoms with E-state index >= 15 is 0 Å². The van der Waals surface area contributed by atoms with Crippen LogP contribution in [0.5, 0.6) is 0 Å². The second kappa shape index (κ2) is 2.46. The Bertz CT molecular complexity index is 125. The summed E-state index contributed by atoms with van der Waals surface area (Å²) in [6.07, 6.45) is 0. The van der Waals surface area contributed by atoms with Crippen molar-refractivity contribution in [3.8, 4) is 0 Å². The first kappa shape index (κ1) is 7.16. The molecule has 0 aliphatic rings. The standard InChI is InChI=1S/CH3ClO4S/c2-7(4,5)6-1-3/h3H,1H2. The van der Waals surface area contributed by atoms with Crippen molar-refractivity contribution in [2.45, 2.75) is 0 Å². The number of aliphatic hydroxyl groups is 1. The summed E-state index contributed by atoms with van der Waals surface area (Å²) in [5, 5.41) is 7.72. The lowest BCUT2D eigenvalue weighted by molar-refractivity contribution is 0.108. The molecule has 0 spiro atoms. The highest BCUT2D eigenvalue weighted by atomic mass is 35.7. The SMILES string of the molecule is O=S(=O)(Cl)OCO. The molecule has 0 aromatic rings. The predicted molar refractivity (Wildman–Crippen MR) is 22.9 cm³/mol. The van der Waals surface area contributed by atoms with Gasteiger partial charge in [-0.3, -0.25) is 0 Å². The molecule has 0 saturated heterocycles. The van der Waals surface area contributed by atoms with Crippen LogP contribution in [0.25, 0.3) is 0 Å². The van der Waals surface area contributed by atoms with Crippen molar-refractivity contribution in [3.63, 3.8) is 0 Å². The number of hydrogen-bond donors (Lipinski definition) is 1. The van der Waals surface area contributed by atoms with E-state index in [2.05, 4.69) is 14.9 Å². The van der Waals surface area contributed by atoms with Gasteiger partial charge in [0.1, 0.15) is 0 Å². The molecule has 6 heteroatoms. The van der Waals surface area contributed by atoms with Crippen LogP contribution in [0.2, 0.25) is 0 Å². The van der Waals surface area contributed by atoms with Gasteiger partial charge in [0.05, 0.1) is 0 Å². The summed E-state index contributed by atoms with van der Waals surface area (Å²) in [5.74, 6) is 0. The number of rotatable bonds is 2. The third-order valence-electron chi connectivity index (χ3n) is 0.193. The maximum absolute atomic E-state index is 9.61. The van der Waals surface area contributed by atoms with E-state index in [1.165, 1.54) is 0 Å². The van der Waals surface area contributed by atoms with Crippen molar-refractivity contribution < 1.29 is 17.7 Å². The lowest BCUT2D eigenvalue weighted by Crippen LogP contribution is -1.96. The molecule has 0 atom stereocenters. The molecule has 44 valence electrons. The first-order valence-electron chi connectivity index (χ1n) is 1.26. The fourth-order valence-corrected chi connectivity index (χ4v) is 0.308. The van der Waals surface area contributed by atoms with Gasteiger partial charge in [-0.15, -0.1) is 0 Å². The van der Waals surface area contributed by atoms with E-state index in [9.17, 15) is 8.42 Å². The third kappa shape index (κ3) is 6.16. The van der Waals surface area contributed by atoms with Gasteiger partial charge >= 0.3 is 9.33 Å². The van der Waals surface area contributed by atoms with Gasteiger partial charge in [-0.05, 0) is 0 Å². The molecule has 0 aliphatic carbocycles. The quantitative estimate of drug-likeness (QED) is 0.419. The molecule has 0 unspecified atom stereocenters. The van der Waals surface area contributed by atoms with Crippen molar-refractivity contribution >= 4 is 20.0 Å². The lowest BCUT2D eigenvalue weighted by atomic mass is 11.6. The smallest absolute Gasteiger partial charge is 0.357 e. The van der Waals surface area contributed by atoms with E-state index in [1.807, 2.05) is 0 Å². The monoisotopic (exact) mass is 146 g/mol. The van der Waals surface area contributed by atoms with Crippen molar-refractivity contribution in [2.75, 3.05) is 6.79 Å². The van der Waals surface area contributed by atoms with Gasteiger partial charge in [-0.25, -0.2) is 4.18 Å². The summed E-state index contributed by atoms with van der Waals surface area (Å²) in [4.78, 5) is 0. The molecule has 0 radical (unpaired) electrons. The molecule has 0 aliphatic heterocycles. The maximum atomic E-state index is 9.61. The average molecular weight is 147 g/mol. The van der Waals surface area contributed by atoms with Crippen LogP contribution in [-0.2, 0) is 13.5 Å². The van der Waals surface area contributed by atoms with Crippen LogP contribution in [0.1, 0.15) is 0 Å². The Morgan fingerprint density at radius 1 is 1.71 bits per heavy atom. The molecule has 0 amide bonds. The van der Waals surface area contributed by atoms with Crippen molar-refractivity contribution in [1.82, 2.24) is 0 Å². The van der Waals surface area contributed by atoms with Gasteiger partial charge in [0.15, 0.2) is 6.79 Å². The topological polar surface area (TPSA) is 63.6 Å². The summed E-state index contributed by atoms with van der Waals surface area (Å²) in [6, 6.07) is 0. The van der Waals surface area contributed by atoms with Crippen LogP contribution in [0.15, 0.2) is 0 Å². The fourth-order valence-electron chi connectivity index (χ4n) is 0.0630. The van der Waals surface area contributed by atoms with E-state index < -0.39 is 16.1 Å². The highest BCUT2D eigenvalue weighted by Crippen LogP contribution is 1.94. The van der Waals surface area contributed by atoms with E-state index in [4.69, 9.17) is 5.11 Å². The molecular weight excluding hydrogens is 144 g/mol. The highest BCUT2D eigenvalue weighted by molar-refractivity contribution is 8.09. The highest BCUT2D eigenvalue weighted by Gasteiger charge is 2.00. The first-order valence-corrected chi connectivity index (χ1v) is 3.49. The largest absolute Gasteiger partial charge is 0.369 e. The fraction of sp³-hybridized carbons (Fsp3) is 1.00. The summed E-state index contributed by atoms with van der Waals surface area (Å²) in [7, 11) is 0.471. The van der Waals surface area contributed by atoms with Crippen LogP contribution in [0, 0.1) is 0 Å². The van der Waals surface area contributed by atoms with Crippen LogP contribution < -0.4 is 0 Å². The van der Waals surface area contributed by atoms with Crippen molar-refractivity contribution in [2.24, 2.45) is 0 Å². The van der Waals surface area contributed by atoms with E-state index in [-0.39, 0.29) is 0 Å². The van der Waals surface area contributed by atoms with Crippen molar-refractivity contribution in [1.29, 1.82) is 0 Å². The Morgan fingerprint density at radius 2 is 2.14 bits per heavy atom. The van der Waals surface area contributed by atoms with Crippen LogP contribution in [0.3, 0.4) is 0 Å². The molecule has 1 N–H and O–H groups in total. The number of aliphatic hydroxyl groups excluding tert-OH is 1. The molecular formula is CH3ClO4S. The number of hydrogen-bond acceptors (Lipinski definition) is 4. The van der Waals surface area contributed by atoms with Gasteiger partial charge < -0.3 is 5.11 Å². The molecule has 0 aromatic heterocycles. The minimum Gasteiger partial charge on any atom is -0.369 e. The van der Waals surface area contributed by atoms with Gasteiger partial charge in [0.25, 0.3) is 0 Å². The van der Waals surface area contributed by atoms with Crippen LogP contribution in [-0.4, -0.2) is 20.3 Å².